The maximum atomic E-state index is 11.0. The van der Waals surface area contributed by atoms with Crippen LogP contribution < -0.4 is 4.74 Å². The first-order valence-corrected chi connectivity index (χ1v) is 7.93. The van der Waals surface area contributed by atoms with E-state index < -0.39 is 6.10 Å². The second-order valence-corrected chi connectivity index (χ2v) is 6.58. The summed E-state index contributed by atoms with van der Waals surface area (Å²) in [6.45, 7) is 3.98. The maximum Gasteiger partial charge on any atom is 0.138 e. The molecule has 0 bridgehead atoms. The fraction of sp³-hybridized carbons (Fsp3) is 0.706. The number of aliphatic hydroxyl groups is 1. The molecule has 0 saturated heterocycles. The molecule has 4 nitrogen and oxygen atoms in total. The van der Waals surface area contributed by atoms with E-state index in [1.165, 1.54) is 19.3 Å². The van der Waals surface area contributed by atoms with E-state index in [-0.39, 0.29) is 11.6 Å². The van der Waals surface area contributed by atoms with Crippen molar-refractivity contribution in [3.05, 3.63) is 24.0 Å². The third-order valence-electron chi connectivity index (χ3n) is 4.54. The second kappa shape index (κ2) is 6.75. The summed E-state index contributed by atoms with van der Waals surface area (Å²) in [6, 6.07) is 1.93. The molecule has 2 rings (SSSR count). The lowest BCUT2D eigenvalue weighted by molar-refractivity contribution is -0.0338. The zero-order valence-electron chi connectivity index (χ0n) is 13.7. The van der Waals surface area contributed by atoms with Crippen molar-refractivity contribution in [1.29, 1.82) is 0 Å². The van der Waals surface area contributed by atoms with Gasteiger partial charge in [0.1, 0.15) is 5.75 Å². The van der Waals surface area contributed by atoms with Crippen LogP contribution >= 0.6 is 0 Å². The molecule has 1 aromatic heterocycles. The molecule has 0 aromatic carbocycles. The number of hydrogen-bond donors (Lipinski definition) is 1. The Bertz CT molecular complexity index is 454. The van der Waals surface area contributed by atoms with Crippen molar-refractivity contribution in [1.82, 2.24) is 9.88 Å². The molecule has 21 heavy (non-hydrogen) atoms. The molecule has 1 aliphatic rings. The molecular formula is C17H28N2O2. The topological polar surface area (TPSA) is 45.6 Å². The monoisotopic (exact) mass is 292 g/mol. The van der Waals surface area contributed by atoms with E-state index in [0.29, 0.717) is 0 Å². The Labute approximate surface area is 128 Å². The Morgan fingerprint density at radius 2 is 1.86 bits per heavy atom. The molecular weight excluding hydrogens is 264 g/mol. The lowest BCUT2D eigenvalue weighted by atomic mass is 9.75. The fourth-order valence-electron chi connectivity index (χ4n) is 3.36. The average Bonchev–Trinajstić information content (AvgIpc) is 2.46. The van der Waals surface area contributed by atoms with Gasteiger partial charge in [-0.15, -0.1) is 0 Å². The summed E-state index contributed by atoms with van der Waals surface area (Å²) in [7, 11) is 4.13. The maximum absolute atomic E-state index is 11.0. The first kappa shape index (κ1) is 16.2. The number of hydrogen-bond acceptors (Lipinski definition) is 4. The van der Waals surface area contributed by atoms with Gasteiger partial charge >= 0.3 is 0 Å². The highest BCUT2D eigenvalue weighted by molar-refractivity contribution is 5.28. The number of likely N-dealkylation sites (N-methyl/N-ethyl adjacent to an activating group) is 1. The van der Waals surface area contributed by atoms with Crippen molar-refractivity contribution in [2.24, 2.45) is 0 Å². The van der Waals surface area contributed by atoms with Gasteiger partial charge in [0.2, 0.25) is 0 Å². The number of aromatic nitrogens is 1. The van der Waals surface area contributed by atoms with E-state index in [0.717, 1.165) is 24.2 Å². The van der Waals surface area contributed by atoms with Gasteiger partial charge < -0.3 is 14.7 Å². The zero-order valence-corrected chi connectivity index (χ0v) is 13.7. The molecule has 0 aliphatic heterocycles. The summed E-state index contributed by atoms with van der Waals surface area (Å²) in [5.74, 6) is 0.728. The molecule has 0 amide bonds. The minimum absolute atomic E-state index is 0.108. The van der Waals surface area contributed by atoms with Gasteiger partial charge in [-0.05, 0) is 46.9 Å². The lowest BCUT2D eigenvalue weighted by Gasteiger charge is -2.46. The summed E-state index contributed by atoms with van der Waals surface area (Å²) in [6.07, 6.45) is 8.70. The van der Waals surface area contributed by atoms with Crippen LogP contribution in [0.5, 0.6) is 5.75 Å². The van der Waals surface area contributed by atoms with E-state index in [4.69, 9.17) is 4.74 Å². The molecule has 0 spiro atoms. The van der Waals surface area contributed by atoms with Crippen LogP contribution in [0.2, 0.25) is 0 Å². The second-order valence-electron chi connectivity index (χ2n) is 6.58. The van der Waals surface area contributed by atoms with Gasteiger partial charge in [0.05, 0.1) is 23.9 Å². The Balaban J connectivity index is 2.26. The van der Waals surface area contributed by atoms with Crippen LogP contribution in [0, 0.1) is 0 Å². The van der Waals surface area contributed by atoms with E-state index in [2.05, 4.69) is 24.0 Å². The van der Waals surface area contributed by atoms with E-state index in [1.54, 1.807) is 12.4 Å². The predicted octanol–water partition coefficient (Wildman–Crippen LogP) is 3.17. The summed E-state index contributed by atoms with van der Waals surface area (Å²) in [5, 5.41) is 11.0. The number of nitrogens with zero attached hydrogens (tertiary/aromatic N) is 2. The normalized spacial score (nSPS) is 19.8. The smallest absolute Gasteiger partial charge is 0.138 e. The van der Waals surface area contributed by atoms with Gasteiger partial charge in [0.25, 0.3) is 0 Å². The van der Waals surface area contributed by atoms with Crippen molar-refractivity contribution in [3.63, 3.8) is 0 Å². The van der Waals surface area contributed by atoms with E-state index >= 15 is 0 Å². The van der Waals surface area contributed by atoms with Crippen LogP contribution in [0.25, 0.3) is 0 Å². The molecule has 1 aromatic rings. The van der Waals surface area contributed by atoms with Gasteiger partial charge in [0, 0.05) is 11.8 Å². The molecule has 1 N–H and O–H groups in total. The zero-order chi connectivity index (χ0) is 15.5. The summed E-state index contributed by atoms with van der Waals surface area (Å²) in [5.41, 5.74) is 0.667. The third-order valence-corrected chi connectivity index (χ3v) is 4.54. The van der Waals surface area contributed by atoms with Gasteiger partial charge in [-0.25, -0.2) is 0 Å². The predicted molar refractivity (Wildman–Crippen MR) is 84.5 cm³/mol. The Kier molecular flexibility index (Phi) is 5.22. The highest BCUT2D eigenvalue weighted by Crippen LogP contribution is 2.42. The molecule has 1 aliphatic carbocycles. The van der Waals surface area contributed by atoms with Crippen LogP contribution in [0.3, 0.4) is 0 Å². The quantitative estimate of drug-likeness (QED) is 0.905. The Morgan fingerprint density at radius 3 is 2.43 bits per heavy atom. The van der Waals surface area contributed by atoms with Gasteiger partial charge in [0.15, 0.2) is 0 Å². The van der Waals surface area contributed by atoms with E-state index in [1.807, 2.05) is 19.9 Å². The molecule has 1 heterocycles. The fourth-order valence-corrected chi connectivity index (χ4v) is 3.36. The minimum Gasteiger partial charge on any atom is -0.489 e. The summed E-state index contributed by atoms with van der Waals surface area (Å²) < 4.78 is 5.70. The molecule has 118 valence electrons. The van der Waals surface area contributed by atoms with Crippen molar-refractivity contribution < 1.29 is 9.84 Å². The van der Waals surface area contributed by atoms with Gasteiger partial charge in [-0.1, -0.05) is 19.3 Å². The third kappa shape index (κ3) is 3.55. The van der Waals surface area contributed by atoms with Crippen molar-refractivity contribution in [2.45, 2.75) is 63.7 Å². The number of ether oxygens (including phenoxy) is 1. The molecule has 1 unspecified atom stereocenters. The number of rotatable bonds is 5. The van der Waals surface area contributed by atoms with Crippen molar-refractivity contribution in [3.8, 4) is 5.75 Å². The highest BCUT2D eigenvalue weighted by Gasteiger charge is 2.41. The summed E-state index contributed by atoms with van der Waals surface area (Å²) >= 11 is 0. The highest BCUT2D eigenvalue weighted by atomic mass is 16.5. The molecule has 1 saturated carbocycles. The molecule has 1 atom stereocenters. The largest absolute Gasteiger partial charge is 0.489 e. The van der Waals surface area contributed by atoms with Crippen molar-refractivity contribution in [2.75, 3.05) is 14.1 Å². The molecule has 0 radical (unpaired) electrons. The van der Waals surface area contributed by atoms with Crippen LogP contribution in [-0.4, -0.2) is 40.7 Å². The Hall–Kier alpha value is -1.13. The molecule has 4 heteroatoms. The number of pyridine rings is 1. The average molecular weight is 292 g/mol. The molecule has 1 fully saturated rings. The first-order valence-electron chi connectivity index (χ1n) is 7.93. The van der Waals surface area contributed by atoms with Gasteiger partial charge in [-0.3, -0.25) is 4.98 Å². The van der Waals surface area contributed by atoms with Gasteiger partial charge in [-0.2, -0.15) is 0 Å². The number of aliphatic hydroxyl groups excluding tert-OH is 1. The van der Waals surface area contributed by atoms with Crippen LogP contribution in [0.15, 0.2) is 18.5 Å². The lowest BCUT2D eigenvalue weighted by Crippen LogP contribution is -2.50. The SMILES string of the molecule is CC(C)Oc1cncc(C(O)C2(N(C)C)CCCCC2)c1. The van der Waals surface area contributed by atoms with Crippen molar-refractivity contribution >= 4 is 0 Å². The summed E-state index contributed by atoms with van der Waals surface area (Å²) in [4.78, 5) is 6.43. The Morgan fingerprint density at radius 1 is 1.19 bits per heavy atom. The van der Waals surface area contributed by atoms with E-state index in [9.17, 15) is 5.11 Å². The minimum atomic E-state index is -0.531. The van der Waals surface area contributed by atoms with Crippen LogP contribution in [0.1, 0.15) is 57.6 Å². The first-order chi connectivity index (χ1) is 9.95. The standard InChI is InChI=1S/C17H28N2O2/c1-13(2)21-15-10-14(11-18-12-15)16(20)17(19(3)4)8-6-5-7-9-17/h10-13,16,20H,5-9H2,1-4H3. The van der Waals surface area contributed by atoms with Crippen LogP contribution in [-0.2, 0) is 0 Å². The van der Waals surface area contributed by atoms with Crippen LogP contribution in [0.4, 0.5) is 0 Å².